The van der Waals surface area contributed by atoms with Crippen LogP contribution in [0.25, 0.3) is 0 Å². The third-order valence-electron chi connectivity index (χ3n) is 5.04. The Bertz CT molecular complexity index is 419. The number of rotatable bonds is 6. The van der Waals surface area contributed by atoms with Crippen molar-refractivity contribution in [3.05, 3.63) is 18.0 Å². The predicted molar refractivity (Wildman–Crippen MR) is 90.9 cm³/mol. The molecule has 1 aromatic rings. The molecule has 21 heavy (non-hydrogen) atoms. The van der Waals surface area contributed by atoms with E-state index in [4.69, 9.17) is 5.10 Å². The standard InChI is InChI=1S/C17H29N3S/c1-2-18-17(14-9-11-21-13-14)12-15-8-10-20(19-15)16-6-4-3-5-7-16/h8,10,14,16-18H,2-7,9,11-13H2,1H3. The lowest BCUT2D eigenvalue weighted by Gasteiger charge is -2.23. The van der Waals surface area contributed by atoms with E-state index in [1.54, 1.807) is 0 Å². The smallest absolute Gasteiger partial charge is 0.0640 e. The van der Waals surface area contributed by atoms with Gasteiger partial charge in [-0.3, -0.25) is 4.68 Å². The van der Waals surface area contributed by atoms with Crippen molar-refractivity contribution in [1.82, 2.24) is 15.1 Å². The zero-order chi connectivity index (χ0) is 14.5. The summed E-state index contributed by atoms with van der Waals surface area (Å²) in [5.74, 6) is 3.49. The first-order chi connectivity index (χ1) is 10.4. The largest absolute Gasteiger partial charge is 0.314 e. The average molecular weight is 308 g/mol. The van der Waals surface area contributed by atoms with Crippen molar-refractivity contribution in [2.45, 2.75) is 64.0 Å². The van der Waals surface area contributed by atoms with Crippen molar-refractivity contribution < 1.29 is 0 Å². The van der Waals surface area contributed by atoms with Gasteiger partial charge in [0.1, 0.15) is 0 Å². The van der Waals surface area contributed by atoms with E-state index in [1.165, 1.54) is 55.7 Å². The van der Waals surface area contributed by atoms with Crippen LogP contribution in [0, 0.1) is 5.92 Å². The molecule has 1 saturated carbocycles. The van der Waals surface area contributed by atoms with Crippen LogP contribution < -0.4 is 5.32 Å². The van der Waals surface area contributed by atoms with E-state index < -0.39 is 0 Å². The number of thioether (sulfide) groups is 1. The summed E-state index contributed by atoms with van der Waals surface area (Å²) < 4.78 is 2.25. The number of hydrogen-bond acceptors (Lipinski definition) is 3. The predicted octanol–water partition coefficient (Wildman–Crippen LogP) is 3.66. The van der Waals surface area contributed by atoms with Crippen LogP contribution in [0.15, 0.2) is 12.3 Å². The van der Waals surface area contributed by atoms with Gasteiger partial charge >= 0.3 is 0 Å². The van der Waals surface area contributed by atoms with Crippen molar-refractivity contribution in [3.8, 4) is 0 Å². The van der Waals surface area contributed by atoms with Crippen molar-refractivity contribution in [2.24, 2.45) is 5.92 Å². The lowest BCUT2D eigenvalue weighted by atomic mass is 9.95. The van der Waals surface area contributed by atoms with Gasteiger partial charge in [0.05, 0.1) is 11.7 Å². The summed E-state index contributed by atoms with van der Waals surface area (Å²) in [5.41, 5.74) is 1.28. The summed E-state index contributed by atoms with van der Waals surface area (Å²) in [6, 6.07) is 3.52. The Morgan fingerprint density at radius 3 is 2.90 bits per heavy atom. The summed E-state index contributed by atoms with van der Waals surface area (Å²) in [6.07, 6.45) is 11.5. The van der Waals surface area contributed by atoms with E-state index in [0.29, 0.717) is 12.1 Å². The van der Waals surface area contributed by atoms with E-state index in [-0.39, 0.29) is 0 Å². The van der Waals surface area contributed by atoms with Crippen molar-refractivity contribution in [2.75, 3.05) is 18.1 Å². The fourth-order valence-corrected chi connectivity index (χ4v) is 5.14. The van der Waals surface area contributed by atoms with E-state index in [1.807, 2.05) is 0 Å². The Morgan fingerprint density at radius 2 is 2.19 bits per heavy atom. The first-order valence-corrected chi connectivity index (χ1v) is 9.87. The average Bonchev–Trinajstić information content (AvgIpc) is 3.19. The second kappa shape index (κ2) is 7.68. The topological polar surface area (TPSA) is 29.9 Å². The van der Waals surface area contributed by atoms with Crippen LogP contribution in [0.1, 0.15) is 57.2 Å². The number of aromatic nitrogens is 2. The first-order valence-electron chi connectivity index (χ1n) is 8.72. The molecular formula is C17H29N3S. The molecular weight excluding hydrogens is 278 g/mol. The Morgan fingerprint density at radius 1 is 1.33 bits per heavy atom. The van der Waals surface area contributed by atoms with Gasteiger partial charge in [-0.25, -0.2) is 0 Å². The molecule has 3 rings (SSSR count). The zero-order valence-electron chi connectivity index (χ0n) is 13.3. The van der Waals surface area contributed by atoms with Crippen LogP contribution in [0.2, 0.25) is 0 Å². The second-order valence-electron chi connectivity index (χ2n) is 6.57. The van der Waals surface area contributed by atoms with Gasteiger partial charge in [-0.15, -0.1) is 0 Å². The molecule has 0 bridgehead atoms. The van der Waals surface area contributed by atoms with Crippen molar-refractivity contribution in [1.29, 1.82) is 0 Å². The van der Waals surface area contributed by atoms with Crippen LogP contribution in [0.3, 0.4) is 0 Å². The Balaban J connectivity index is 1.61. The lowest BCUT2D eigenvalue weighted by Crippen LogP contribution is -2.38. The van der Waals surface area contributed by atoms with Gasteiger partial charge in [-0.2, -0.15) is 16.9 Å². The molecule has 1 saturated heterocycles. The molecule has 3 nitrogen and oxygen atoms in total. The van der Waals surface area contributed by atoms with Crippen LogP contribution in [0.4, 0.5) is 0 Å². The Kier molecular flexibility index (Phi) is 5.64. The number of nitrogens with one attached hydrogen (secondary N) is 1. The Labute approximate surface area is 133 Å². The van der Waals surface area contributed by atoms with Gasteiger partial charge in [0, 0.05) is 18.7 Å². The molecule has 1 aromatic heterocycles. The SMILES string of the molecule is CCNC(Cc1ccn(C2CCCCC2)n1)C1CCSC1. The molecule has 2 atom stereocenters. The highest BCUT2D eigenvalue weighted by atomic mass is 32.2. The molecule has 1 aliphatic heterocycles. The molecule has 2 unspecified atom stereocenters. The summed E-state index contributed by atoms with van der Waals surface area (Å²) in [4.78, 5) is 0. The van der Waals surface area contributed by atoms with Gasteiger partial charge < -0.3 is 5.32 Å². The molecule has 118 valence electrons. The minimum absolute atomic E-state index is 0.611. The highest BCUT2D eigenvalue weighted by Gasteiger charge is 2.26. The maximum Gasteiger partial charge on any atom is 0.0640 e. The normalized spacial score (nSPS) is 25.3. The number of nitrogens with zero attached hydrogens (tertiary/aromatic N) is 2. The minimum atomic E-state index is 0.611. The molecule has 2 heterocycles. The molecule has 1 N–H and O–H groups in total. The first kappa shape index (κ1) is 15.4. The van der Waals surface area contributed by atoms with Crippen LogP contribution >= 0.6 is 11.8 Å². The Hall–Kier alpha value is -0.480. The molecule has 0 spiro atoms. The minimum Gasteiger partial charge on any atom is -0.314 e. The highest BCUT2D eigenvalue weighted by molar-refractivity contribution is 7.99. The van der Waals surface area contributed by atoms with Crippen LogP contribution in [-0.4, -0.2) is 33.9 Å². The fourth-order valence-electron chi connectivity index (χ4n) is 3.80. The second-order valence-corrected chi connectivity index (χ2v) is 7.72. The van der Waals surface area contributed by atoms with E-state index >= 15 is 0 Å². The lowest BCUT2D eigenvalue weighted by molar-refractivity contribution is 0.325. The van der Waals surface area contributed by atoms with Gasteiger partial charge in [-0.1, -0.05) is 26.2 Å². The molecule has 0 aromatic carbocycles. The maximum absolute atomic E-state index is 4.90. The van der Waals surface area contributed by atoms with Crippen molar-refractivity contribution >= 4 is 11.8 Å². The van der Waals surface area contributed by atoms with Crippen LogP contribution in [-0.2, 0) is 6.42 Å². The quantitative estimate of drug-likeness (QED) is 0.870. The zero-order valence-corrected chi connectivity index (χ0v) is 14.1. The van der Waals surface area contributed by atoms with E-state index in [0.717, 1.165) is 18.9 Å². The van der Waals surface area contributed by atoms with E-state index in [2.05, 4.69) is 40.9 Å². The monoisotopic (exact) mass is 307 g/mol. The van der Waals surface area contributed by atoms with Gasteiger partial charge in [0.25, 0.3) is 0 Å². The fraction of sp³-hybridized carbons (Fsp3) is 0.824. The maximum atomic E-state index is 4.90. The van der Waals surface area contributed by atoms with Crippen molar-refractivity contribution in [3.63, 3.8) is 0 Å². The molecule has 0 radical (unpaired) electrons. The van der Waals surface area contributed by atoms with Gasteiger partial charge in [-0.05, 0) is 49.3 Å². The van der Waals surface area contributed by atoms with Gasteiger partial charge in [0.15, 0.2) is 0 Å². The van der Waals surface area contributed by atoms with Gasteiger partial charge in [0.2, 0.25) is 0 Å². The number of likely N-dealkylation sites (N-methyl/N-ethyl adjacent to an activating group) is 1. The third kappa shape index (κ3) is 4.04. The number of hydrogen-bond donors (Lipinski definition) is 1. The summed E-state index contributed by atoms with van der Waals surface area (Å²) in [7, 11) is 0. The van der Waals surface area contributed by atoms with E-state index in [9.17, 15) is 0 Å². The molecule has 4 heteroatoms. The summed E-state index contributed by atoms with van der Waals surface area (Å²) in [6.45, 7) is 3.28. The highest BCUT2D eigenvalue weighted by Crippen LogP contribution is 2.29. The third-order valence-corrected chi connectivity index (χ3v) is 6.23. The molecule has 1 aliphatic carbocycles. The summed E-state index contributed by atoms with van der Waals surface area (Å²) in [5, 5.41) is 8.60. The molecule has 2 aliphatic rings. The molecule has 0 amide bonds. The summed E-state index contributed by atoms with van der Waals surface area (Å²) >= 11 is 2.11. The van der Waals surface area contributed by atoms with Crippen LogP contribution in [0.5, 0.6) is 0 Å². The molecule has 2 fully saturated rings.